The number of likely N-dealkylation sites (tertiary alicyclic amines) is 1. The van der Waals surface area contributed by atoms with E-state index in [0.717, 1.165) is 26.1 Å². The zero-order valence-corrected chi connectivity index (χ0v) is 12.1. The van der Waals surface area contributed by atoms with Gasteiger partial charge in [0.2, 0.25) is 0 Å². The van der Waals surface area contributed by atoms with Crippen molar-refractivity contribution in [2.45, 2.75) is 32.7 Å². The summed E-state index contributed by atoms with van der Waals surface area (Å²) in [5.41, 5.74) is 0.556. The second kappa shape index (κ2) is 6.19. The molecule has 1 aromatic rings. The first-order valence-electron chi connectivity index (χ1n) is 7.08. The molecule has 2 rings (SSSR count). The highest BCUT2D eigenvalue weighted by Gasteiger charge is 2.25. The fourth-order valence-electron chi connectivity index (χ4n) is 2.51. The number of nitrogens with one attached hydrogen (secondary N) is 1. The highest BCUT2D eigenvalue weighted by atomic mass is 16.2. The number of rotatable bonds is 4. The van der Waals surface area contributed by atoms with Crippen LogP contribution in [0, 0.1) is 5.92 Å². The van der Waals surface area contributed by atoms with E-state index in [2.05, 4.69) is 24.3 Å². The average Bonchev–Trinajstić information content (AvgIpc) is 2.82. The molecule has 1 amide bonds. The molecule has 1 aromatic heterocycles. The van der Waals surface area contributed by atoms with Crippen molar-refractivity contribution in [3.8, 4) is 0 Å². The summed E-state index contributed by atoms with van der Waals surface area (Å²) in [7, 11) is 1.84. The summed E-state index contributed by atoms with van der Waals surface area (Å²) in [6, 6.07) is 2.29. The molecule has 5 nitrogen and oxygen atoms in total. The van der Waals surface area contributed by atoms with Crippen molar-refractivity contribution in [3.05, 3.63) is 18.0 Å². The Hall–Kier alpha value is -1.36. The molecule has 19 heavy (non-hydrogen) atoms. The molecule has 1 N–H and O–H groups in total. The summed E-state index contributed by atoms with van der Waals surface area (Å²) in [6.07, 6.45) is 4.10. The van der Waals surface area contributed by atoms with Gasteiger partial charge in [0.05, 0.1) is 0 Å². The van der Waals surface area contributed by atoms with E-state index < -0.39 is 0 Å². The van der Waals surface area contributed by atoms with Crippen molar-refractivity contribution in [2.24, 2.45) is 13.0 Å². The maximum Gasteiger partial charge on any atom is 0.274 e. The third-order valence-electron chi connectivity index (χ3n) is 3.55. The van der Waals surface area contributed by atoms with Crippen LogP contribution in [-0.4, -0.2) is 46.3 Å². The van der Waals surface area contributed by atoms with Gasteiger partial charge in [-0.2, -0.15) is 5.10 Å². The maximum absolute atomic E-state index is 12.3. The normalized spacial score (nSPS) is 20.0. The van der Waals surface area contributed by atoms with E-state index in [1.807, 2.05) is 18.1 Å². The van der Waals surface area contributed by atoms with Gasteiger partial charge in [-0.1, -0.05) is 13.8 Å². The van der Waals surface area contributed by atoms with E-state index in [1.165, 1.54) is 6.42 Å². The minimum Gasteiger partial charge on any atom is -0.337 e. The van der Waals surface area contributed by atoms with Gasteiger partial charge in [0.25, 0.3) is 5.91 Å². The minimum absolute atomic E-state index is 0.0647. The maximum atomic E-state index is 12.3. The number of amides is 1. The molecule has 1 atom stereocenters. The van der Waals surface area contributed by atoms with E-state index in [-0.39, 0.29) is 5.91 Å². The monoisotopic (exact) mass is 264 g/mol. The van der Waals surface area contributed by atoms with Crippen molar-refractivity contribution < 1.29 is 4.79 Å². The Morgan fingerprint density at radius 1 is 1.58 bits per heavy atom. The summed E-state index contributed by atoms with van der Waals surface area (Å²) in [5, 5.41) is 7.66. The van der Waals surface area contributed by atoms with Crippen molar-refractivity contribution in [3.63, 3.8) is 0 Å². The number of carbonyl (C=O) groups excluding carboxylic acids is 1. The number of aryl methyl sites for hydroxylation is 1. The average molecular weight is 264 g/mol. The Labute approximate surface area is 115 Å². The van der Waals surface area contributed by atoms with Gasteiger partial charge in [-0.15, -0.1) is 0 Å². The highest BCUT2D eigenvalue weighted by molar-refractivity contribution is 5.92. The molecule has 1 aliphatic rings. The van der Waals surface area contributed by atoms with Crippen LogP contribution in [0.15, 0.2) is 12.3 Å². The predicted octanol–water partition coefficient (Wildman–Crippen LogP) is 1.27. The molecule has 0 aliphatic carbocycles. The highest BCUT2D eigenvalue weighted by Crippen LogP contribution is 2.17. The van der Waals surface area contributed by atoms with Crippen LogP contribution in [-0.2, 0) is 7.05 Å². The summed E-state index contributed by atoms with van der Waals surface area (Å²) in [5.74, 6) is 0.624. The minimum atomic E-state index is 0.0647. The first kappa shape index (κ1) is 14.1. The zero-order valence-electron chi connectivity index (χ0n) is 12.1. The number of aromatic nitrogens is 2. The second-order valence-electron chi connectivity index (χ2n) is 5.70. The lowest BCUT2D eigenvalue weighted by Gasteiger charge is -2.32. The molecular weight excluding hydrogens is 240 g/mol. The van der Waals surface area contributed by atoms with Gasteiger partial charge in [-0.05, 0) is 31.4 Å². The molecule has 0 saturated carbocycles. The van der Waals surface area contributed by atoms with Crippen LogP contribution < -0.4 is 5.32 Å². The van der Waals surface area contributed by atoms with Crippen LogP contribution in [0.25, 0.3) is 0 Å². The standard InChI is InChI=1S/C14H24N4O/c1-11(2)15-9-12-5-4-7-18(10-12)14(19)13-6-8-17(3)16-13/h6,8,11-12,15H,4-5,7,9-10H2,1-3H3. The molecule has 1 unspecified atom stereocenters. The Bertz CT molecular complexity index is 427. The molecule has 2 heterocycles. The van der Waals surface area contributed by atoms with Gasteiger partial charge >= 0.3 is 0 Å². The van der Waals surface area contributed by atoms with E-state index in [9.17, 15) is 4.79 Å². The molecule has 0 spiro atoms. The van der Waals surface area contributed by atoms with E-state index in [4.69, 9.17) is 0 Å². The van der Waals surface area contributed by atoms with Crippen molar-refractivity contribution in [1.29, 1.82) is 0 Å². The Morgan fingerprint density at radius 2 is 2.37 bits per heavy atom. The number of nitrogens with zero attached hydrogens (tertiary/aromatic N) is 3. The van der Waals surface area contributed by atoms with Crippen molar-refractivity contribution in [2.75, 3.05) is 19.6 Å². The van der Waals surface area contributed by atoms with Gasteiger partial charge in [0, 0.05) is 32.4 Å². The van der Waals surface area contributed by atoms with Crippen LogP contribution in [0.4, 0.5) is 0 Å². The molecule has 1 fully saturated rings. The summed E-state index contributed by atoms with van der Waals surface area (Å²) < 4.78 is 1.68. The quantitative estimate of drug-likeness (QED) is 0.891. The van der Waals surface area contributed by atoms with E-state index >= 15 is 0 Å². The van der Waals surface area contributed by atoms with Crippen LogP contribution in [0.5, 0.6) is 0 Å². The predicted molar refractivity (Wildman–Crippen MR) is 75.0 cm³/mol. The third kappa shape index (κ3) is 3.80. The van der Waals surface area contributed by atoms with Gasteiger partial charge in [-0.3, -0.25) is 9.48 Å². The van der Waals surface area contributed by atoms with Crippen molar-refractivity contribution >= 4 is 5.91 Å². The van der Waals surface area contributed by atoms with Crippen LogP contribution in [0.1, 0.15) is 37.2 Å². The van der Waals surface area contributed by atoms with Crippen LogP contribution >= 0.6 is 0 Å². The number of hydrogen-bond donors (Lipinski definition) is 1. The Kier molecular flexibility index (Phi) is 4.58. The lowest BCUT2D eigenvalue weighted by Crippen LogP contribution is -2.43. The number of piperidine rings is 1. The SMILES string of the molecule is CC(C)NCC1CCCN(C(=O)c2ccn(C)n2)C1. The van der Waals surface area contributed by atoms with Crippen LogP contribution in [0.2, 0.25) is 0 Å². The fourth-order valence-corrected chi connectivity index (χ4v) is 2.51. The molecule has 5 heteroatoms. The molecular formula is C14H24N4O. The largest absolute Gasteiger partial charge is 0.337 e. The van der Waals surface area contributed by atoms with Crippen LogP contribution in [0.3, 0.4) is 0 Å². The summed E-state index contributed by atoms with van der Waals surface area (Å²) >= 11 is 0. The van der Waals surface area contributed by atoms with Gasteiger partial charge in [0.15, 0.2) is 0 Å². The van der Waals surface area contributed by atoms with Crippen molar-refractivity contribution in [1.82, 2.24) is 20.0 Å². The molecule has 106 valence electrons. The van der Waals surface area contributed by atoms with Gasteiger partial charge < -0.3 is 10.2 Å². The Morgan fingerprint density at radius 3 is 3.00 bits per heavy atom. The molecule has 1 saturated heterocycles. The van der Waals surface area contributed by atoms with E-state index in [0.29, 0.717) is 17.7 Å². The summed E-state index contributed by atoms with van der Waals surface area (Å²) in [6.45, 7) is 6.99. The lowest BCUT2D eigenvalue weighted by atomic mass is 9.97. The van der Waals surface area contributed by atoms with Gasteiger partial charge in [0.1, 0.15) is 5.69 Å². The lowest BCUT2D eigenvalue weighted by molar-refractivity contribution is 0.0665. The third-order valence-corrected chi connectivity index (χ3v) is 3.55. The topological polar surface area (TPSA) is 50.2 Å². The first-order valence-corrected chi connectivity index (χ1v) is 7.08. The van der Waals surface area contributed by atoms with Gasteiger partial charge in [-0.25, -0.2) is 0 Å². The molecule has 0 bridgehead atoms. The number of carbonyl (C=O) groups is 1. The molecule has 0 radical (unpaired) electrons. The Balaban J connectivity index is 1.91. The summed E-state index contributed by atoms with van der Waals surface area (Å²) in [4.78, 5) is 14.3. The smallest absolute Gasteiger partial charge is 0.274 e. The zero-order chi connectivity index (χ0) is 13.8. The first-order chi connectivity index (χ1) is 9.06. The fraction of sp³-hybridized carbons (Fsp3) is 0.714. The number of hydrogen-bond acceptors (Lipinski definition) is 3. The second-order valence-corrected chi connectivity index (χ2v) is 5.70. The molecule has 0 aromatic carbocycles. The van der Waals surface area contributed by atoms with E-state index in [1.54, 1.807) is 10.7 Å². The molecule has 1 aliphatic heterocycles.